The first-order chi connectivity index (χ1) is 10.4. The third-order valence-electron chi connectivity index (χ3n) is 2.63. The molecule has 0 aliphatic carbocycles. The van der Waals surface area contributed by atoms with Crippen LogP contribution in [-0.2, 0) is 27.6 Å². The Labute approximate surface area is 132 Å². The molecule has 1 atom stereocenters. The van der Waals surface area contributed by atoms with Crippen molar-refractivity contribution in [3.63, 3.8) is 0 Å². The van der Waals surface area contributed by atoms with Gasteiger partial charge in [-0.25, -0.2) is 4.79 Å². The minimum absolute atomic E-state index is 0.196. The highest BCUT2D eigenvalue weighted by Gasteiger charge is 2.39. The smallest absolute Gasteiger partial charge is 0.391 e. The maximum absolute atomic E-state index is 10.1. The van der Waals surface area contributed by atoms with Crippen molar-refractivity contribution < 1.29 is 32.7 Å². The molecule has 1 heterocycles. The average molecular weight is 337 g/mol. The maximum Gasteiger partial charge on any atom is 0.500 e. The highest BCUT2D eigenvalue weighted by atomic mass is 28.4. The SMILES string of the molecule is CCO[Si](CCCN)(OCC)OCC.O=C1CC(O)C(=O)O1. The molecule has 1 aliphatic rings. The Morgan fingerprint density at radius 1 is 1.18 bits per heavy atom. The van der Waals surface area contributed by atoms with Crippen molar-refractivity contribution in [1.29, 1.82) is 0 Å². The van der Waals surface area contributed by atoms with E-state index in [1.54, 1.807) is 0 Å². The summed E-state index contributed by atoms with van der Waals surface area (Å²) in [6.07, 6.45) is -0.520. The Bertz CT molecular complexity index is 323. The number of nitrogens with two attached hydrogens (primary N) is 1. The first-order valence-electron chi connectivity index (χ1n) is 7.49. The molecule has 1 aliphatic heterocycles. The van der Waals surface area contributed by atoms with Gasteiger partial charge in [-0.15, -0.1) is 0 Å². The average Bonchev–Trinajstić information content (AvgIpc) is 2.75. The maximum atomic E-state index is 10.1. The van der Waals surface area contributed by atoms with Gasteiger partial charge in [-0.1, -0.05) is 0 Å². The minimum Gasteiger partial charge on any atom is -0.391 e. The number of hydrogen-bond acceptors (Lipinski definition) is 8. The number of cyclic esters (lactones) is 2. The van der Waals surface area contributed by atoms with Crippen LogP contribution in [0.1, 0.15) is 33.6 Å². The Hall–Kier alpha value is -0.843. The van der Waals surface area contributed by atoms with Gasteiger partial charge in [-0.3, -0.25) is 4.79 Å². The molecule has 0 saturated carbocycles. The third kappa shape index (κ3) is 7.97. The molecular formula is C13H27NO7Si. The number of carbonyl (C=O) groups is 2. The highest BCUT2D eigenvalue weighted by molar-refractivity contribution is 6.60. The zero-order valence-corrected chi connectivity index (χ0v) is 14.5. The van der Waals surface area contributed by atoms with Crippen molar-refractivity contribution in [2.24, 2.45) is 5.73 Å². The van der Waals surface area contributed by atoms with E-state index in [4.69, 9.17) is 24.1 Å². The third-order valence-corrected chi connectivity index (χ3v) is 5.78. The lowest BCUT2D eigenvalue weighted by Crippen LogP contribution is -2.46. The second-order valence-electron chi connectivity index (χ2n) is 4.39. The summed E-state index contributed by atoms with van der Waals surface area (Å²) in [5, 5.41) is 8.47. The number of ether oxygens (including phenoxy) is 1. The van der Waals surface area contributed by atoms with E-state index in [2.05, 4.69) is 4.74 Å². The summed E-state index contributed by atoms with van der Waals surface area (Å²) in [6.45, 7) is 8.44. The van der Waals surface area contributed by atoms with Crippen LogP contribution >= 0.6 is 0 Å². The molecule has 130 valence electrons. The van der Waals surface area contributed by atoms with E-state index in [0.29, 0.717) is 26.4 Å². The van der Waals surface area contributed by atoms with Gasteiger partial charge in [0.2, 0.25) is 0 Å². The molecule has 1 unspecified atom stereocenters. The van der Waals surface area contributed by atoms with Gasteiger partial charge in [0.25, 0.3) is 0 Å². The van der Waals surface area contributed by atoms with Crippen molar-refractivity contribution in [3.8, 4) is 0 Å². The van der Waals surface area contributed by atoms with Crippen molar-refractivity contribution in [2.75, 3.05) is 26.4 Å². The van der Waals surface area contributed by atoms with E-state index in [-0.39, 0.29) is 6.42 Å². The van der Waals surface area contributed by atoms with Crippen LogP contribution in [0.25, 0.3) is 0 Å². The fourth-order valence-corrected chi connectivity index (χ4v) is 4.42. The molecule has 1 saturated heterocycles. The molecule has 1 fully saturated rings. The molecule has 0 bridgehead atoms. The molecule has 1 rings (SSSR count). The number of aliphatic hydroxyl groups excluding tert-OH is 1. The molecular weight excluding hydrogens is 310 g/mol. The van der Waals surface area contributed by atoms with Crippen LogP contribution in [0.4, 0.5) is 0 Å². The van der Waals surface area contributed by atoms with Crippen molar-refractivity contribution in [1.82, 2.24) is 0 Å². The molecule has 0 spiro atoms. The van der Waals surface area contributed by atoms with Crippen LogP contribution in [-0.4, -0.2) is 58.3 Å². The lowest BCUT2D eigenvalue weighted by molar-refractivity contribution is -0.154. The fourth-order valence-electron chi connectivity index (χ4n) is 1.78. The number of rotatable bonds is 9. The Balaban J connectivity index is 0.000000461. The Morgan fingerprint density at radius 3 is 1.91 bits per heavy atom. The zero-order chi connectivity index (χ0) is 17.0. The van der Waals surface area contributed by atoms with E-state index < -0.39 is 26.8 Å². The van der Waals surface area contributed by atoms with E-state index in [1.807, 2.05) is 20.8 Å². The van der Waals surface area contributed by atoms with E-state index in [1.165, 1.54) is 0 Å². The van der Waals surface area contributed by atoms with Gasteiger partial charge in [-0.05, 0) is 33.7 Å². The lowest BCUT2D eigenvalue weighted by Gasteiger charge is -2.28. The first kappa shape index (κ1) is 21.2. The van der Waals surface area contributed by atoms with Crippen molar-refractivity contribution in [2.45, 2.75) is 45.8 Å². The predicted octanol–water partition coefficient (Wildman–Crippen LogP) is 0.204. The summed E-state index contributed by atoms with van der Waals surface area (Å²) in [5.74, 6) is -1.49. The van der Waals surface area contributed by atoms with Gasteiger partial charge in [0.1, 0.15) is 0 Å². The largest absolute Gasteiger partial charge is 0.500 e. The quantitative estimate of drug-likeness (QED) is 0.348. The Morgan fingerprint density at radius 2 is 1.68 bits per heavy atom. The van der Waals surface area contributed by atoms with Crippen molar-refractivity contribution in [3.05, 3.63) is 0 Å². The van der Waals surface area contributed by atoms with Gasteiger partial charge in [0, 0.05) is 25.9 Å². The number of aliphatic hydroxyl groups is 1. The topological polar surface area (TPSA) is 117 Å². The van der Waals surface area contributed by atoms with Crippen LogP contribution in [0.2, 0.25) is 6.04 Å². The summed E-state index contributed by atoms with van der Waals surface area (Å²) < 4.78 is 20.9. The monoisotopic (exact) mass is 337 g/mol. The van der Waals surface area contributed by atoms with Gasteiger partial charge < -0.3 is 28.9 Å². The summed E-state index contributed by atoms with van der Waals surface area (Å²) in [6, 6.07) is 0.818. The molecule has 0 amide bonds. The van der Waals surface area contributed by atoms with Crippen LogP contribution in [0.3, 0.4) is 0 Å². The molecule has 0 aromatic rings. The second-order valence-corrected chi connectivity index (χ2v) is 7.12. The van der Waals surface area contributed by atoms with E-state index in [0.717, 1.165) is 12.5 Å². The first-order valence-corrected chi connectivity index (χ1v) is 9.42. The summed E-state index contributed by atoms with van der Waals surface area (Å²) in [5.41, 5.74) is 5.48. The highest BCUT2D eigenvalue weighted by Crippen LogP contribution is 2.17. The van der Waals surface area contributed by atoms with E-state index in [9.17, 15) is 9.59 Å². The molecule has 0 aromatic heterocycles. The molecule has 8 nitrogen and oxygen atoms in total. The van der Waals surface area contributed by atoms with Gasteiger partial charge >= 0.3 is 20.7 Å². The minimum atomic E-state index is -2.40. The molecule has 0 radical (unpaired) electrons. The van der Waals surface area contributed by atoms with Crippen LogP contribution in [0, 0.1) is 0 Å². The second kappa shape index (κ2) is 11.7. The molecule has 0 aromatic carbocycles. The standard InChI is InChI=1S/C9H23NO3Si.C4H4O4/c1-4-11-14(12-5-2,13-6-3)9-7-8-10;5-2-1-3(6)8-4(2)7/h4-10H2,1-3H3;2,5H,1H2. The summed E-state index contributed by atoms with van der Waals surface area (Å²) in [7, 11) is -2.40. The van der Waals surface area contributed by atoms with Crippen LogP contribution < -0.4 is 5.73 Å². The van der Waals surface area contributed by atoms with Gasteiger partial charge in [-0.2, -0.15) is 0 Å². The summed E-state index contributed by atoms with van der Waals surface area (Å²) >= 11 is 0. The molecule has 22 heavy (non-hydrogen) atoms. The lowest BCUT2D eigenvalue weighted by atomic mass is 10.3. The van der Waals surface area contributed by atoms with Crippen molar-refractivity contribution >= 4 is 20.7 Å². The predicted molar refractivity (Wildman–Crippen MR) is 80.8 cm³/mol. The van der Waals surface area contributed by atoms with Gasteiger partial charge in [0.05, 0.1) is 6.42 Å². The van der Waals surface area contributed by atoms with E-state index >= 15 is 0 Å². The normalized spacial score (nSPS) is 18.0. The van der Waals surface area contributed by atoms with Crippen LogP contribution in [0.5, 0.6) is 0 Å². The Kier molecular flexibility index (Phi) is 11.2. The number of hydrogen-bond donors (Lipinski definition) is 2. The summed E-state index contributed by atoms with van der Waals surface area (Å²) in [4.78, 5) is 20.2. The number of esters is 2. The number of carbonyl (C=O) groups excluding carboxylic acids is 2. The zero-order valence-electron chi connectivity index (χ0n) is 13.5. The molecule has 3 N–H and O–H groups in total. The fraction of sp³-hybridized carbons (Fsp3) is 0.846. The van der Waals surface area contributed by atoms with Crippen LogP contribution in [0.15, 0.2) is 0 Å². The molecule has 9 heteroatoms. The van der Waals surface area contributed by atoms with Gasteiger partial charge in [0.15, 0.2) is 6.10 Å².